The summed E-state index contributed by atoms with van der Waals surface area (Å²) in [6.45, 7) is 0. The maximum atomic E-state index is 11.4. The zero-order valence-electron chi connectivity index (χ0n) is 8.22. The van der Waals surface area contributed by atoms with Gasteiger partial charge in [-0.2, -0.15) is 8.42 Å². The zero-order valence-corrected chi connectivity index (χ0v) is 9.85. The van der Waals surface area contributed by atoms with Crippen molar-refractivity contribution in [2.24, 2.45) is 5.73 Å². The fourth-order valence-electron chi connectivity index (χ4n) is 1.93. The van der Waals surface area contributed by atoms with E-state index in [4.69, 9.17) is 10.3 Å². The van der Waals surface area contributed by atoms with Crippen LogP contribution in [0.25, 0.3) is 0 Å². The van der Waals surface area contributed by atoms with E-state index in [1.54, 1.807) is 0 Å². The highest BCUT2D eigenvalue weighted by Crippen LogP contribution is 2.28. The van der Waals surface area contributed by atoms with Gasteiger partial charge in [-0.3, -0.25) is 4.55 Å². The molecule has 0 aromatic carbocycles. The molecule has 0 aromatic heterocycles. The lowest BCUT2D eigenvalue weighted by Gasteiger charge is -2.22. The van der Waals surface area contributed by atoms with Crippen molar-refractivity contribution in [3.05, 3.63) is 0 Å². The molecule has 0 amide bonds. The highest BCUT2D eigenvalue weighted by molar-refractivity contribution is 8.05. The van der Waals surface area contributed by atoms with Crippen molar-refractivity contribution >= 4 is 20.0 Å². The second kappa shape index (κ2) is 4.00. The Balaban J connectivity index is 2.72. The fraction of sp³-hybridized carbons (Fsp3) is 1.00. The van der Waals surface area contributed by atoms with E-state index in [1.807, 2.05) is 0 Å². The maximum absolute atomic E-state index is 11.4. The molecule has 15 heavy (non-hydrogen) atoms. The molecule has 0 spiro atoms. The molecule has 0 heterocycles. The highest BCUT2D eigenvalue weighted by Gasteiger charge is 2.35. The monoisotopic (exact) mass is 257 g/mol. The van der Waals surface area contributed by atoms with Gasteiger partial charge in [0, 0.05) is 5.54 Å². The molecule has 1 aliphatic rings. The third kappa shape index (κ3) is 4.45. The Morgan fingerprint density at radius 1 is 1.13 bits per heavy atom. The summed E-state index contributed by atoms with van der Waals surface area (Å²) in [7, 11) is -8.34. The van der Waals surface area contributed by atoms with Gasteiger partial charge >= 0.3 is 0 Å². The molecule has 1 aliphatic carbocycles. The second-order valence-corrected chi connectivity index (χ2v) is 8.04. The predicted octanol–water partition coefficient (Wildman–Crippen LogP) is -0.482. The number of hydrogen-bond acceptors (Lipinski definition) is 5. The number of nitrogens with two attached hydrogens (primary N) is 1. The molecule has 0 saturated heterocycles. The molecule has 0 aliphatic heterocycles. The van der Waals surface area contributed by atoms with Crippen molar-refractivity contribution in [2.75, 3.05) is 10.8 Å². The van der Waals surface area contributed by atoms with E-state index in [1.165, 1.54) is 0 Å². The van der Waals surface area contributed by atoms with Crippen LogP contribution in [0.1, 0.15) is 25.7 Å². The van der Waals surface area contributed by atoms with Crippen molar-refractivity contribution in [3.63, 3.8) is 0 Å². The Morgan fingerprint density at radius 3 is 2.00 bits per heavy atom. The smallest absolute Gasteiger partial charge is 0.279 e. The Labute approximate surface area is 89.5 Å². The maximum Gasteiger partial charge on any atom is 0.279 e. The lowest BCUT2D eigenvalue weighted by atomic mass is 10.0. The van der Waals surface area contributed by atoms with Crippen LogP contribution in [0.3, 0.4) is 0 Å². The molecule has 1 fully saturated rings. The summed E-state index contributed by atoms with van der Waals surface area (Å²) < 4.78 is 52.2. The first-order chi connectivity index (χ1) is 6.62. The van der Waals surface area contributed by atoms with E-state index in [-0.39, 0.29) is 5.75 Å². The molecule has 0 unspecified atom stereocenters. The van der Waals surface area contributed by atoms with Crippen LogP contribution in [0.5, 0.6) is 0 Å². The van der Waals surface area contributed by atoms with Crippen molar-refractivity contribution in [1.82, 2.24) is 0 Å². The standard InChI is InChI=1S/C7H15NO5S2/c8-7(3-1-2-4-7)5-14(9,10)6-15(11,12)13/h1-6,8H2,(H,11,12,13). The van der Waals surface area contributed by atoms with Gasteiger partial charge < -0.3 is 5.73 Å². The largest absolute Gasteiger partial charge is 0.324 e. The molecule has 0 atom stereocenters. The zero-order chi connectivity index (χ0) is 11.7. The van der Waals surface area contributed by atoms with Crippen LogP contribution in [0.2, 0.25) is 0 Å². The minimum Gasteiger partial charge on any atom is -0.324 e. The van der Waals surface area contributed by atoms with Crippen LogP contribution >= 0.6 is 0 Å². The molecule has 0 aromatic rings. The Hall–Kier alpha value is -0.180. The van der Waals surface area contributed by atoms with Crippen molar-refractivity contribution in [2.45, 2.75) is 31.2 Å². The van der Waals surface area contributed by atoms with E-state index in [0.29, 0.717) is 12.8 Å². The molecule has 1 saturated carbocycles. The second-order valence-electron chi connectivity index (χ2n) is 4.16. The van der Waals surface area contributed by atoms with Crippen molar-refractivity contribution in [3.8, 4) is 0 Å². The first-order valence-corrected chi connectivity index (χ1v) is 8.00. The van der Waals surface area contributed by atoms with Gasteiger partial charge in [0.25, 0.3) is 10.1 Å². The molecule has 90 valence electrons. The van der Waals surface area contributed by atoms with Crippen LogP contribution in [0.15, 0.2) is 0 Å². The molecule has 0 bridgehead atoms. The molecular weight excluding hydrogens is 242 g/mol. The van der Waals surface area contributed by atoms with E-state index in [2.05, 4.69) is 0 Å². The van der Waals surface area contributed by atoms with Gasteiger partial charge in [0.05, 0.1) is 5.75 Å². The number of hydrogen-bond donors (Lipinski definition) is 2. The summed E-state index contributed by atoms with van der Waals surface area (Å²) in [6.07, 6.45) is 2.88. The topological polar surface area (TPSA) is 115 Å². The van der Waals surface area contributed by atoms with E-state index in [0.717, 1.165) is 12.8 Å². The summed E-state index contributed by atoms with van der Waals surface area (Å²) in [6, 6.07) is 0. The molecular formula is C7H15NO5S2. The Kier molecular flexibility index (Phi) is 3.44. The van der Waals surface area contributed by atoms with Gasteiger partial charge in [-0.25, -0.2) is 8.42 Å². The minimum absolute atomic E-state index is 0.375. The molecule has 3 N–H and O–H groups in total. The normalized spacial score (nSPS) is 21.7. The average Bonchev–Trinajstić information content (AvgIpc) is 2.27. The van der Waals surface area contributed by atoms with E-state index >= 15 is 0 Å². The van der Waals surface area contributed by atoms with E-state index in [9.17, 15) is 16.8 Å². The molecule has 8 heteroatoms. The summed E-state index contributed by atoms with van der Waals surface area (Å²) in [5.41, 5.74) is 4.99. The predicted molar refractivity (Wildman–Crippen MR) is 55.6 cm³/mol. The molecule has 1 rings (SSSR count). The first kappa shape index (κ1) is 12.9. The molecule has 0 radical (unpaired) electrons. The summed E-state index contributed by atoms with van der Waals surface area (Å²) in [5, 5.41) is -1.24. The number of rotatable bonds is 4. The van der Waals surface area contributed by atoms with Gasteiger partial charge in [-0.15, -0.1) is 0 Å². The van der Waals surface area contributed by atoms with Crippen molar-refractivity contribution in [1.29, 1.82) is 0 Å². The van der Waals surface area contributed by atoms with Crippen LogP contribution in [0.4, 0.5) is 0 Å². The minimum atomic E-state index is -4.49. The Bertz CT molecular complexity index is 418. The lowest BCUT2D eigenvalue weighted by molar-refractivity contribution is 0.475. The quantitative estimate of drug-likeness (QED) is 0.657. The van der Waals surface area contributed by atoms with Gasteiger partial charge in [-0.05, 0) is 12.8 Å². The number of sulfone groups is 1. The first-order valence-electron chi connectivity index (χ1n) is 4.56. The third-order valence-corrected chi connectivity index (χ3v) is 6.08. The van der Waals surface area contributed by atoms with E-state index < -0.39 is 30.6 Å². The highest BCUT2D eigenvalue weighted by atomic mass is 32.3. The van der Waals surface area contributed by atoms with Crippen LogP contribution in [-0.2, 0) is 20.0 Å². The summed E-state index contributed by atoms with van der Waals surface area (Å²) >= 11 is 0. The summed E-state index contributed by atoms with van der Waals surface area (Å²) in [4.78, 5) is 0. The van der Waals surface area contributed by atoms with Crippen LogP contribution < -0.4 is 5.73 Å². The lowest BCUT2D eigenvalue weighted by Crippen LogP contribution is -2.44. The molecule has 6 nitrogen and oxygen atoms in total. The van der Waals surface area contributed by atoms with Gasteiger partial charge in [0.1, 0.15) is 0 Å². The Morgan fingerprint density at radius 2 is 1.60 bits per heavy atom. The van der Waals surface area contributed by atoms with Gasteiger partial charge in [0.15, 0.2) is 14.9 Å². The third-order valence-electron chi connectivity index (χ3n) is 2.44. The van der Waals surface area contributed by atoms with Crippen LogP contribution in [0, 0.1) is 0 Å². The summed E-state index contributed by atoms with van der Waals surface area (Å²) in [5.74, 6) is -0.375. The van der Waals surface area contributed by atoms with Crippen LogP contribution in [-0.4, -0.2) is 37.8 Å². The SMILES string of the molecule is NC1(CS(=O)(=O)CS(=O)(=O)O)CCCC1. The van der Waals surface area contributed by atoms with Crippen molar-refractivity contribution < 1.29 is 21.4 Å². The van der Waals surface area contributed by atoms with Gasteiger partial charge in [0.2, 0.25) is 0 Å². The fourth-order valence-corrected chi connectivity index (χ4v) is 5.24. The van der Waals surface area contributed by atoms with Gasteiger partial charge in [-0.1, -0.05) is 12.8 Å². The average molecular weight is 257 g/mol.